The molecular formula is C13H21NO5S. The van der Waals surface area contributed by atoms with Gasteiger partial charge < -0.3 is 14.3 Å². The van der Waals surface area contributed by atoms with Crippen LogP contribution < -0.4 is 0 Å². The number of hydrogen-bond donors (Lipinski definition) is 1. The SMILES string of the molecule is Cc1oc(C)c(S(=O)(=O)N2CC(C)OCC2C)c1CO. The van der Waals surface area contributed by atoms with Crippen molar-refractivity contribution in [2.24, 2.45) is 0 Å². The Morgan fingerprint density at radius 1 is 1.30 bits per heavy atom. The summed E-state index contributed by atoms with van der Waals surface area (Å²) in [6, 6.07) is -0.239. The molecule has 20 heavy (non-hydrogen) atoms. The number of aliphatic hydroxyl groups is 1. The molecule has 1 aliphatic rings. The van der Waals surface area contributed by atoms with Crippen LogP contribution in [0.4, 0.5) is 0 Å². The highest BCUT2D eigenvalue weighted by Crippen LogP contribution is 2.31. The molecule has 0 saturated carbocycles. The Morgan fingerprint density at radius 3 is 2.55 bits per heavy atom. The first kappa shape index (κ1) is 15.5. The van der Waals surface area contributed by atoms with Crippen LogP contribution in [0.3, 0.4) is 0 Å². The van der Waals surface area contributed by atoms with Crippen molar-refractivity contribution in [3.05, 3.63) is 17.1 Å². The molecule has 1 aromatic heterocycles. The van der Waals surface area contributed by atoms with Crippen molar-refractivity contribution in [3.8, 4) is 0 Å². The molecule has 1 fully saturated rings. The second-order valence-electron chi connectivity index (χ2n) is 5.25. The van der Waals surface area contributed by atoms with Crippen LogP contribution in [0, 0.1) is 13.8 Å². The molecule has 0 spiro atoms. The molecule has 1 aliphatic heterocycles. The van der Waals surface area contributed by atoms with E-state index in [4.69, 9.17) is 9.15 Å². The first-order chi connectivity index (χ1) is 9.28. The molecule has 114 valence electrons. The van der Waals surface area contributed by atoms with E-state index in [1.807, 2.05) is 13.8 Å². The molecule has 1 aromatic rings. The van der Waals surface area contributed by atoms with Crippen LogP contribution in [0.2, 0.25) is 0 Å². The predicted molar refractivity (Wildman–Crippen MR) is 72.9 cm³/mol. The Morgan fingerprint density at radius 2 is 1.95 bits per heavy atom. The molecule has 0 bridgehead atoms. The molecule has 0 radical (unpaired) electrons. The lowest BCUT2D eigenvalue weighted by Gasteiger charge is -2.35. The first-order valence-electron chi connectivity index (χ1n) is 6.62. The van der Waals surface area contributed by atoms with E-state index in [1.165, 1.54) is 4.31 Å². The van der Waals surface area contributed by atoms with Gasteiger partial charge in [0.1, 0.15) is 16.4 Å². The van der Waals surface area contributed by atoms with Gasteiger partial charge in [0.15, 0.2) is 0 Å². The Labute approximate surface area is 119 Å². The molecule has 7 heteroatoms. The minimum Gasteiger partial charge on any atom is -0.465 e. The van der Waals surface area contributed by atoms with Gasteiger partial charge in [0.25, 0.3) is 0 Å². The highest BCUT2D eigenvalue weighted by molar-refractivity contribution is 7.89. The minimum absolute atomic E-state index is 0.0958. The van der Waals surface area contributed by atoms with Crippen LogP contribution in [0.15, 0.2) is 9.31 Å². The third-order valence-electron chi connectivity index (χ3n) is 3.60. The smallest absolute Gasteiger partial charge is 0.247 e. The zero-order valence-corrected chi connectivity index (χ0v) is 13.0. The maximum absolute atomic E-state index is 12.9. The van der Waals surface area contributed by atoms with Crippen molar-refractivity contribution >= 4 is 10.0 Å². The minimum atomic E-state index is -3.70. The van der Waals surface area contributed by atoms with E-state index in [9.17, 15) is 13.5 Å². The molecule has 2 unspecified atom stereocenters. The first-order valence-corrected chi connectivity index (χ1v) is 8.06. The summed E-state index contributed by atoms with van der Waals surface area (Å²) >= 11 is 0. The van der Waals surface area contributed by atoms with E-state index in [0.717, 1.165) is 0 Å². The number of morpholine rings is 1. The Hall–Kier alpha value is -0.890. The second kappa shape index (κ2) is 5.48. The van der Waals surface area contributed by atoms with Gasteiger partial charge in [-0.05, 0) is 27.7 Å². The van der Waals surface area contributed by atoms with Gasteiger partial charge in [-0.15, -0.1) is 0 Å². The van der Waals surface area contributed by atoms with Crippen LogP contribution in [-0.4, -0.2) is 43.1 Å². The number of sulfonamides is 1. The van der Waals surface area contributed by atoms with Crippen LogP contribution in [0.1, 0.15) is 30.9 Å². The number of nitrogens with zero attached hydrogens (tertiary/aromatic N) is 1. The van der Waals surface area contributed by atoms with Crippen molar-refractivity contribution in [1.82, 2.24) is 4.31 Å². The van der Waals surface area contributed by atoms with Crippen LogP contribution in [0.5, 0.6) is 0 Å². The standard InChI is InChI=1S/C13H21NO5S/c1-8-7-18-9(2)5-14(8)20(16,17)13-11(4)19-10(3)12(13)6-15/h8-9,15H,5-7H2,1-4H3. The largest absolute Gasteiger partial charge is 0.465 e. The van der Waals surface area contributed by atoms with Gasteiger partial charge in [-0.25, -0.2) is 8.42 Å². The highest BCUT2D eigenvalue weighted by Gasteiger charge is 2.38. The quantitative estimate of drug-likeness (QED) is 0.907. The van der Waals surface area contributed by atoms with Gasteiger partial charge in [-0.3, -0.25) is 0 Å². The molecule has 1 N–H and O–H groups in total. The molecule has 2 rings (SSSR count). The average molecular weight is 303 g/mol. The highest BCUT2D eigenvalue weighted by atomic mass is 32.2. The summed E-state index contributed by atoms with van der Waals surface area (Å²) in [4.78, 5) is 0.0958. The molecule has 2 heterocycles. The predicted octanol–water partition coefficient (Wildman–Crippen LogP) is 1.19. The summed E-state index contributed by atoms with van der Waals surface area (Å²) in [6.07, 6.45) is -0.146. The zero-order chi connectivity index (χ0) is 15.1. The molecule has 1 saturated heterocycles. The fourth-order valence-electron chi connectivity index (χ4n) is 2.56. The Kier molecular flexibility index (Phi) is 4.24. The summed E-state index contributed by atoms with van der Waals surface area (Å²) in [5, 5.41) is 9.42. The maximum Gasteiger partial charge on any atom is 0.247 e. The van der Waals surface area contributed by atoms with Gasteiger partial charge in [0.2, 0.25) is 10.0 Å². The van der Waals surface area contributed by atoms with Gasteiger partial charge in [-0.2, -0.15) is 4.31 Å². The van der Waals surface area contributed by atoms with Crippen molar-refractivity contribution in [2.45, 2.75) is 51.3 Å². The normalized spacial score (nSPS) is 25.1. The van der Waals surface area contributed by atoms with Gasteiger partial charge >= 0.3 is 0 Å². The molecule has 6 nitrogen and oxygen atoms in total. The zero-order valence-electron chi connectivity index (χ0n) is 12.2. The lowest BCUT2D eigenvalue weighted by molar-refractivity contribution is -0.0171. The summed E-state index contributed by atoms with van der Waals surface area (Å²) < 4.78 is 38.0. The topological polar surface area (TPSA) is 80.0 Å². The van der Waals surface area contributed by atoms with E-state index in [-0.39, 0.29) is 23.6 Å². The van der Waals surface area contributed by atoms with E-state index < -0.39 is 10.0 Å². The molecule has 0 aliphatic carbocycles. The lowest BCUT2D eigenvalue weighted by atomic mass is 10.2. The van der Waals surface area contributed by atoms with Crippen molar-refractivity contribution in [1.29, 1.82) is 0 Å². The summed E-state index contributed by atoms with van der Waals surface area (Å²) in [7, 11) is -3.70. The third kappa shape index (κ3) is 2.50. The molecule has 2 atom stereocenters. The number of ether oxygens (including phenoxy) is 1. The summed E-state index contributed by atoms with van der Waals surface area (Å²) in [5.74, 6) is 0.760. The van der Waals surface area contributed by atoms with Crippen molar-refractivity contribution in [2.75, 3.05) is 13.2 Å². The number of hydrogen-bond acceptors (Lipinski definition) is 5. The fraction of sp³-hybridized carbons (Fsp3) is 0.692. The molecular weight excluding hydrogens is 282 g/mol. The van der Waals surface area contributed by atoms with Gasteiger partial charge in [0, 0.05) is 18.2 Å². The van der Waals surface area contributed by atoms with Crippen LogP contribution in [-0.2, 0) is 21.4 Å². The lowest BCUT2D eigenvalue weighted by Crippen LogP contribution is -2.50. The number of furan rings is 1. The number of aliphatic hydroxyl groups excluding tert-OH is 1. The monoisotopic (exact) mass is 303 g/mol. The van der Waals surface area contributed by atoms with E-state index in [1.54, 1.807) is 13.8 Å². The Bertz CT molecular complexity index is 592. The Balaban J connectivity index is 2.50. The molecule has 0 aromatic carbocycles. The number of rotatable bonds is 3. The number of aryl methyl sites for hydroxylation is 2. The third-order valence-corrected chi connectivity index (χ3v) is 5.78. The summed E-state index contributed by atoms with van der Waals surface area (Å²) in [6.45, 7) is 7.23. The van der Waals surface area contributed by atoms with Crippen LogP contribution >= 0.6 is 0 Å². The maximum atomic E-state index is 12.9. The van der Waals surface area contributed by atoms with Crippen molar-refractivity contribution in [3.63, 3.8) is 0 Å². The van der Waals surface area contributed by atoms with Gasteiger partial charge in [0.05, 0.1) is 19.3 Å². The van der Waals surface area contributed by atoms with Crippen LogP contribution in [0.25, 0.3) is 0 Å². The van der Waals surface area contributed by atoms with E-state index >= 15 is 0 Å². The summed E-state index contributed by atoms with van der Waals surface area (Å²) in [5.41, 5.74) is 0.342. The average Bonchev–Trinajstić information content (AvgIpc) is 2.66. The second-order valence-corrected chi connectivity index (χ2v) is 7.08. The van der Waals surface area contributed by atoms with Gasteiger partial charge in [-0.1, -0.05) is 0 Å². The molecule has 0 amide bonds. The van der Waals surface area contributed by atoms with Crippen molar-refractivity contribution < 1.29 is 22.7 Å². The fourth-order valence-corrected chi connectivity index (χ4v) is 4.66. The van der Waals surface area contributed by atoms with E-state index in [2.05, 4.69) is 0 Å². The van der Waals surface area contributed by atoms with E-state index in [0.29, 0.717) is 30.2 Å².